The molecule has 20 heavy (non-hydrogen) atoms. The number of likely N-dealkylation sites (tertiary alicyclic amines) is 1. The van der Waals surface area contributed by atoms with Crippen molar-refractivity contribution in [3.8, 4) is 0 Å². The fraction of sp³-hybridized carbons (Fsp3) is 0.562. The monoisotopic (exact) mass is 335 g/mol. The largest absolute Gasteiger partial charge is 0.370 e. The Bertz CT molecular complexity index is 475. The number of benzene rings is 1. The van der Waals surface area contributed by atoms with Gasteiger partial charge in [0.25, 0.3) is 0 Å². The van der Waals surface area contributed by atoms with Crippen LogP contribution in [0.25, 0.3) is 0 Å². The number of aliphatic imine (C=N–C) groups is 1. The maximum Gasteiger partial charge on any atom is 0.191 e. The SMILES string of the molecule is NC(=NC1CC1c1ccc(Br)cc1)N1CCCCCC1. The van der Waals surface area contributed by atoms with Crippen molar-refractivity contribution in [1.29, 1.82) is 0 Å². The van der Waals surface area contributed by atoms with E-state index < -0.39 is 0 Å². The lowest BCUT2D eigenvalue weighted by atomic mass is 10.1. The van der Waals surface area contributed by atoms with Gasteiger partial charge in [0.1, 0.15) is 0 Å². The summed E-state index contributed by atoms with van der Waals surface area (Å²) in [6.07, 6.45) is 6.29. The Kier molecular flexibility index (Phi) is 4.29. The maximum absolute atomic E-state index is 6.19. The minimum atomic E-state index is 0.388. The average Bonchev–Trinajstić information content (AvgIpc) is 3.22. The first-order valence-electron chi connectivity index (χ1n) is 7.58. The fourth-order valence-corrected chi connectivity index (χ4v) is 3.21. The van der Waals surface area contributed by atoms with E-state index in [1.807, 2.05) is 0 Å². The van der Waals surface area contributed by atoms with E-state index in [0.717, 1.165) is 29.9 Å². The topological polar surface area (TPSA) is 41.6 Å². The van der Waals surface area contributed by atoms with Crippen molar-refractivity contribution in [2.75, 3.05) is 13.1 Å². The Hall–Kier alpha value is -1.03. The van der Waals surface area contributed by atoms with Crippen molar-refractivity contribution in [2.24, 2.45) is 10.7 Å². The van der Waals surface area contributed by atoms with Gasteiger partial charge in [-0.05, 0) is 37.0 Å². The van der Waals surface area contributed by atoms with Gasteiger partial charge < -0.3 is 10.6 Å². The number of nitrogens with two attached hydrogens (primary N) is 1. The van der Waals surface area contributed by atoms with E-state index in [4.69, 9.17) is 10.7 Å². The van der Waals surface area contributed by atoms with Gasteiger partial charge in [0.2, 0.25) is 0 Å². The van der Waals surface area contributed by atoms with Gasteiger partial charge in [-0.3, -0.25) is 0 Å². The highest BCUT2D eigenvalue weighted by molar-refractivity contribution is 9.10. The summed E-state index contributed by atoms with van der Waals surface area (Å²) < 4.78 is 1.13. The molecule has 1 aliphatic heterocycles. The summed E-state index contributed by atoms with van der Waals surface area (Å²) in [5.74, 6) is 1.32. The molecule has 0 bridgehead atoms. The first-order valence-corrected chi connectivity index (χ1v) is 8.37. The van der Waals surface area contributed by atoms with Crippen LogP contribution in [0, 0.1) is 0 Å². The molecular formula is C16H22BrN3. The highest BCUT2D eigenvalue weighted by Crippen LogP contribution is 2.43. The van der Waals surface area contributed by atoms with E-state index >= 15 is 0 Å². The van der Waals surface area contributed by atoms with E-state index in [2.05, 4.69) is 45.1 Å². The molecule has 0 spiro atoms. The summed E-state index contributed by atoms with van der Waals surface area (Å²) in [5.41, 5.74) is 7.57. The highest BCUT2D eigenvalue weighted by atomic mass is 79.9. The Morgan fingerprint density at radius 1 is 1.10 bits per heavy atom. The Morgan fingerprint density at radius 2 is 1.75 bits per heavy atom. The zero-order valence-corrected chi connectivity index (χ0v) is 13.3. The van der Waals surface area contributed by atoms with Gasteiger partial charge in [-0.1, -0.05) is 40.9 Å². The standard InChI is InChI=1S/C16H22BrN3/c17-13-7-5-12(6-8-13)14-11-15(14)19-16(18)20-9-3-1-2-4-10-20/h5-8,14-15H,1-4,9-11H2,(H2,18,19). The van der Waals surface area contributed by atoms with Crippen LogP contribution in [0.5, 0.6) is 0 Å². The van der Waals surface area contributed by atoms with Crippen LogP contribution in [-0.4, -0.2) is 30.0 Å². The fourth-order valence-electron chi connectivity index (χ4n) is 2.94. The van der Waals surface area contributed by atoms with Gasteiger partial charge in [-0.25, -0.2) is 4.99 Å². The zero-order valence-electron chi connectivity index (χ0n) is 11.8. The third-order valence-corrected chi connectivity index (χ3v) is 4.81. The molecule has 2 aliphatic rings. The summed E-state index contributed by atoms with van der Waals surface area (Å²) in [5, 5.41) is 0. The predicted octanol–water partition coefficient (Wildman–Crippen LogP) is 3.50. The molecule has 2 unspecified atom stereocenters. The lowest BCUT2D eigenvalue weighted by molar-refractivity contribution is 0.428. The molecule has 1 saturated carbocycles. The number of halogens is 1. The Morgan fingerprint density at radius 3 is 2.40 bits per heavy atom. The van der Waals surface area contributed by atoms with Crippen LogP contribution in [0.3, 0.4) is 0 Å². The Labute approximate surface area is 129 Å². The highest BCUT2D eigenvalue weighted by Gasteiger charge is 2.38. The lowest BCUT2D eigenvalue weighted by Gasteiger charge is -2.21. The number of hydrogen-bond acceptors (Lipinski definition) is 1. The lowest BCUT2D eigenvalue weighted by Crippen LogP contribution is -2.38. The van der Waals surface area contributed by atoms with E-state index in [1.54, 1.807) is 0 Å². The summed E-state index contributed by atoms with van der Waals surface area (Å²) in [6.45, 7) is 2.15. The number of rotatable bonds is 2. The van der Waals surface area contributed by atoms with Gasteiger partial charge in [-0.2, -0.15) is 0 Å². The molecule has 1 saturated heterocycles. The van der Waals surface area contributed by atoms with E-state index in [1.165, 1.54) is 31.2 Å². The van der Waals surface area contributed by atoms with Crippen LogP contribution < -0.4 is 5.73 Å². The first kappa shape index (κ1) is 13.9. The Balaban J connectivity index is 1.60. The third-order valence-electron chi connectivity index (χ3n) is 4.28. The number of nitrogens with zero attached hydrogens (tertiary/aromatic N) is 2. The molecule has 0 amide bonds. The van der Waals surface area contributed by atoms with Crippen LogP contribution in [0.4, 0.5) is 0 Å². The second kappa shape index (κ2) is 6.17. The molecule has 0 radical (unpaired) electrons. The van der Waals surface area contributed by atoms with E-state index in [-0.39, 0.29) is 0 Å². The molecule has 1 heterocycles. The van der Waals surface area contributed by atoms with Gasteiger partial charge >= 0.3 is 0 Å². The molecule has 2 atom stereocenters. The number of guanidine groups is 1. The normalized spacial score (nSPS) is 27.2. The average molecular weight is 336 g/mol. The maximum atomic E-state index is 6.19. The molecule has 1 aromatic carbocycles. The molecule has 3 rings (SSSR count). The van der Waals surface area contributed by atoms with E-state index in [0.29, 0.717) is 12.0 Å². The molecule has 0 aromatic heterocycles. The van der Waals surface area contributed by atoms with Gasteiger partial charge in [-0.15, -0.1) is 0 Å². The minimum Gasteiger partial charge on any atom is -0.370 e. The molecule has 1 aliphatic carbocycles. The van der Waals surface area contributed by atoms with Gasteiger partial charge in [0.05, 0.1) is 6.04 Å². The van der Waals surface area contributed by atoms with Crippen molar-refractivity contribution in [2.45, 2.75) is 44.1 Å². The molecule has 108 valence electrons. The van der Waals surface area contributed by atoms with E-state index in [9.17, 15) is 0 Å². The van der Waals surface area contributed by atoms with Gasteiger partial charge in [0.15, 0.2) is 5.96 Å². The van der Waals surface area contributed by atoms with Gasteiger partial charge in [0, 0.05) is 23.5 Å². The predicted molar refractivity (Wildman–Crippen MR) is 87.0 cm³/mol. The summed E-state index contributed by atoms with van der Waals surface area (Å²) >= 11 is 3.48. The smallest absolute Gasteiger partial charge is 0.191 e. The zero-order chi connectivity index (χ0) is 13.9. The second-order valence-electron chi connectivity index (χ2n) is 5.85. The quantitative estimate of drug-likeness (QED) is 0.663. The molecule has 2 fully saturated rings. The van der Waals surface area contributed by atoms with Crippen LogP contribution in [0.2, 0.25) is 0 Å². The molecule has 1 aromatic rings. The van der Waals surface area contributed by atoms with Crippen molar-refractivity contribution < 1.29 is 0 Å². The second-order valence-corrected chi connectivity index (χ2v) is 6.77. The third kappa shape index (κ3) is 3.35. The van der Waals surface area contributed by atoms with Crippen molar-refractivity contribution >= 4 is 21.9 Å². The first-order chi connectivity index (χ1) is 9.74. The van der Waals surface area contributed by atoms with Crippen LogP contribution in [-0.2, 0) is 0 Å². The summed E-state index contributed by atoms with van der Waals surface area (Å²) in [4.78, 5) is 7.01. The number of hydrogen-bond donors (Lipinski definition) is 1. The molecule has 3 nitrogen and oxygen atoms in total. The van der Waals surface area contributed by atoms with Crippen molar-refractivity contribution in [3.05, 3.63) is 34.3 Å². The van der Waals surface area contributed by atoms with Crippen molar-refractivity contribution in [3.63, 3.8) is 0 Å². The molecule has 4 heteroatoms. The molecule has 2 N–H and O–H groups in total. The van der Waals surface area contributed by atoms with Crippen LogP contribution in [0.15, 0.2) is 33.7 Å². The summed E-state index contributed by atoms with van der Waals surface area (Å²) in [7, 11) is 0. The van der Waals surface area contributed by atoms with Crippen LogP contribution >= 0.6 is 15.9 Å². The van der Waals surface area contributed by atoms with Crippen LogP contribution in [0.1, 0.15) is 43.6 Å². The summed E-state index contributed by atoms with van der Waals surface area (Å²) in [6, 6.07) is 8.97. The minimum absolute atomic E-state index is 0.388. The molecular weight excluding hydrogens is 314 g/mol. The van der Waals surface area contributed by atoms with Crippen molar-refractivity contribution in [1.82, 2.24) is 4.90 Å².